The molecular formula is C13H17F4NO. The van der Waals surface area contributed by atoms with Crippen molar-refractivity contribution in [1.29, 1.82) is 0 Å². The van der Waals surface area contributed by atoms with Crippen LogP contribution in [0.4, 0.5) is 17.6 Å². The molecule has 1 atom stereocenters. The lowest BCUT2D eigenvalue weighted by Crippen LogP contribution is -2.43. The largest absolute Gasteiger partial charge is 0.480 e. The Hall–Kier alpha value is -1.30. The Bertz CT molecular complexity index is 427. The van der Waals surface area contributed by atoms with E-state index in [1.54, 1.807) is 13.8 Å². The highest BCUT2D eigenvalue weighted by atomic mass is 19.2. The zero-order chi connectivity index (χ0) is 14.6. The molecule has 0 aliphatic heterocycles. The number of likely N-dealkylation sites (N-methyl/N-ethyl adjacent to an activating group) is 1. The topological polar surface area (TPSA) is 21.3 Å². The lowest BCUT2D eigenvalue weighted by atomic mass is 10.0. The molecule has 2 nitrogen and oxygen atoms in total. The predicted molar refractivity (Wildman–Crippen MR) is 64.1 cm³/mol. The van der Waals surface area contributed by atoms with Crippen molar-refractivity contribution in [3.8, 4) is 5.75 Å². The van der Waals surface area contributed by atoms with Gasteiger partial charge in [-0.2, -0.15) is 8.78 Å². The summed E-state index contributed by atoms with van der Waals surface area (Å²) in [5.74, 6) is -7.00. The normalized spacial score (nSPS) is 14.3. The van der Waals surface area contributed by atoms with Gasteiger partial charge in [-0.15, -0.1) is 0 Å². The molecule has 6 heteroatoms. The van der Waals surface area contributed by atoms with Crippen LogP contribution in [0.2, 0.25) is 0 Å². The second-order valence-corrected chi connectivity index (χ2v) is 4.48. The van der Waals surface area contributed by atoms with Crippen LogP contribution in [0.3, 0.4) is 0 Å². The van der Waals surface area contributed by atoms with Gasteiger partial charge in [-0.25, -0.2) is 8.78 Å². The van der Waals surface area contributed by atoms with Crippen LogP contribution in [-0.2, 0) is 0 Å². The maximum absolute atomic E-state index is 13.5. The van der Waals surface area contributed by atoms with E-state index in [4.69, 9.17) is 4.74 Å². The predicted octanol–water partition coefficient (Wildman–Crippen LogP) is 3.40. The third kappa shape index (κ3) is 3.59. The third-order valence-corrected chi connectivity index (χ3v) is 2.92. The second kappa shape index (κ2) is 6.23. The van der Waals surface area contributed by atoms with Crippen molar-refractivity contribution in [1.82, 2.24) is 5.32 Å². The fraction of sp³-hybridized carbons (Fsp3) is 0.538. The van der Waals surface area contributed by atoms with Crippen LogP contribution < -0.4 is 10.1 Å². The van der Waals surface area contributed by atoms with Gasteiger partial charge in [0.15, 0.2) is 17.4 Å². The standard InChI is InChI=1S/C13H17F4NO/c1-4-13(3,7-18-5-2)19-12-10(16)8(14)6-9(15)11(12)17/h6,18H,4-5,7H2,1-3H3. The van der Waals surface area contributed by atoms with Crippen LogP contribution in [0.5, 0.6) is 5.75 Å². The highest BCUT2D eigenvalue weighted by molar-refractivity contribution is 5.29. The van der Waals surface area contributed by atoms with Gasteiger partial charge in [0.2, 0.25) is 11.6 Å². The van der Waals surface area contributed by atoms with E-state index in [0.717, 1.165) is 0 Å². The number of halogens is 4. The minimum Gasteiger partial charge on any atom is -0.480 e. The molecule has 0 amide bonds. The van der Waals surface area contributed by atoms with Gasteiger partial charge < -0.3 is 10.1 Å². The van der Waals surface area contributed by atoms with Gasteiger partial charge in [0.1, 0.15) is 5.60 Å². The molecule has 0 spiro atoms. The number of hydrogen-bond acceptors (Lipinski definition) is 2. The van der Waals surface area contributed by atoms with Crippen molar-refractivity contribution in [2.45, 2.75) is 32.8 Å². The van der Waals surface area contributed by atoms with Gasteiger partial charge in [0.25, 0.3) is 0 Å². The van der Waals surface area contributed by atoms with E-state index >= 15 is 0 Å². The summed E-state index contributed by atoms with van der Waals surface area (Å²) < 4.78 is 58.3. The lowest BCUT2D eigenvalue weighted by molar-refractivity contribution is 0.0718. The quantitative estimate of drug-likeness (QED) is 0.636. The van der Waals surface area contributed by atoms with Crippen molar-refractivity contribution in [3.05, 3.63) is 29.3 Å². The van der Waals surface area contributed by atoms with Crippen LogP contribution in [0.25, 0.3) is 0 Å². The van der Waals surface area contributed by atoms with E-state index < -0.39 is 34.6 Å². The molecule has 1 rings (SSSR count). The minimum atomic E-state index is -1.52. The van der Waals surface area contributed by atoms with Gasteiger partial charge in [-0.1, -0.05) is 13.8 Å². The maximum atomic E-state index is 13.5. The molecule has 0 aromatic heterocycles. The zero-order valence-corrected chi connectivity index (χ0v) is 11.1. The maximum Gasteiger partial charge on any atom is 0.203 e. The molecule has 0 radical (unpaired) electrons. The molecule has 1 N–H and O–H groups in total. The Morgan fingerprint density at radius 1 is 1.11 bits per heavy atom. The fourth-order valence-corrected chi connectivity index (χ4v) is 1.51. The third-order valence-electron chi connectivity index (χ3n) is 2.92. The summed E-state index contributed by atoms with van der Waals surface area (Å²) in [5, 5.41) is 2.97. The number of nitrogens with one attached hydrogen (secondary N) is 1. The first-order chi connectivity index (χ1) is 8.84. The molecular weight excluding hydrogens is 262 g/mol. The Kier molecular flexibility index (Phi) is 5.17. The number of rotatable bonds is 6. The van der Waals surface area contributed by atoms with Crippen molar-refractivity contribution >= 4 is 0 Å². The first-order valence-electron chi connectivity index (χ1n) is 6.07. The van der Waals surface area contributed by atoms with Gasteiger partial charge in [-0.05, 0) is 19.9 Å². The zero-order valence-electron chi connectivity index (χ0n) is 11.1. The molecule has 0 bridgehead atoms. The number of ether oxygens (including phenoxy) is 1. The molecule has 0 heterocycles. The molecule has 0 aliphatic rings. The lowest BCUT2D eigenvalue weighted by Gasteiger charge is -2.30. The van der Waals surface area contributed by atoms with Crippen molar-refractivity contribution in [2.75, 3.05) is 13.1 Å². The van der Waals surface area contributed by atoms with Crippen LogP contribution in [-0.4, -0.2) is 18.7 Å². The van der Waals surface area contributed by atoms with E-state index in [0.29, 0.717) is 19.5 Å². The molecule has 0 fully saturated rings. The molecule has 108 valence electrons. The van der Waals surface area contributed by atoms with Crippen LogP contribution in [0.15, 0.2) is 6.07 Å². The van der Waals surface area contributed by atoms with Crippen molar-refractivity contribution in [3.63, 3.8) is 0 Å². The van der Waals surface area contributed by atoms with E-state index in [2.05, 4.69) is 5.32 Å². The van der Waals surface area contributed by atoms with Gasteiger partial charge in [0, 0.05) is 12.6 Å². The van der Waals surface area contributed by atoms with Gasteiger partial charge >= 0.3 is 0 Å². The van der Waals surface area contributed by atoms with E-state index in [1.165, 1.54) is 0 Å². The first-order valence-corrected chi connectivity index (χ1v) is 6.07. The summed E-state index contributed by atoms with van der Waals surface area (Å²) in [6.45, 7) is 6.16. The molecule has 19 heavy (non-hydrogen) atoms. The monoisotopic (exact) mass is 279 g/mol. The Balaban J connectivity index is 3.09. The van der Waals surface area contributed by atoms with Crippen LogP contribution >= 0.6 is 0 Å². The van der Waals surface area contributed by atoms with Crippen molar-refractivity contribution < 1.29 is 22.3 Å². The molecule has 0 aliphatic carbocycles. The van der Waals surface area contributed by atoms with Crippen molar-refractivity contribution in [2.24, 2.45) is 0 Å². The average molecular weight is 279 g/mol. The summed E-state index contributed by atoms with van der Waals surface area (Å²) in [7, 11) is 0. The van der Waals surface area contributed by atoms with Crippen LogP contribution in [0, 0.1) is 23.3 Å². The number of hydrogen-bond donors (Lipinski definition) is 1. The first kappa shape index (κ1) is 15.8. The Morgan fingerprint density at radius 2 is 1.63 bits per heavy atom. The van der Waals surface area contributed by atoms with E-state index in [-0.39, 0.29) is 6.07 Å². The summed E-state index contributed by atoms with van der Waals surface area (Å²) in [6, 6.07) is 0.158. The highest BCUT2D eigenvalue weighted by Gasteiger charge is 2.29. The molecule has 1 unspecified atom stereocenters. The minimum absolute atomic E-state index is 0.158. The second-order valence-electron chi connectivity index (χ2n) is 4.48. The number of benzene rings is 1. The SMILES string of the molecule is CCNCC(C)(CC)Oc1c(F)c(F)cc(F)c1F. The summed E-state index contributed by atoms with van der Waals surface area (Å²) in [6.07, 6.45) is 0.414. The van der Waals surface area contributed by atoms with E-state index in [9.17, 15) is 17.6 Å². The molecule has 1 aromatic rings. The van der Waals surface area contributed by atoms with Gasteiger partial charge in [-0.3, -0.25) is 0 Å². The molecule has 0 saturated carbocycles. The summed E-state index contributed by atoms with van der Waals surface area (Å²) >= 11 is 0. The summed E-state index contributed by atoms with van der Waals surface area (Å²) in [4.78, 5) is 0. The van der Waals surface area contributed by atoms with Gasteiger partial charge in [0.05, 0.1) is 0 Å². The summed E-state index contributed by atoms with van der Waals surface area (Å²) in [5.41, 5.74) is -0.960. The fourth-order valence-electron chi connectivity index (χ4n) is 1.51. The van der Waals surface area contributed by atoms with E-state index in [1.807, 2.05) is 6.92 Å². The Labute approximate surface area is 109 Å². The average Bonchev–Trinajstić information content (AvgIpc) is 2.39. The smallest absolute Gasteiger partial charge is 0.203 e. The Morgan fingerprint density at radius 3 is 2.05 bits per heavy atom. The highest BCUT2D eigenvalue weighted by Crippen LogP contribution is 2.30. The van der Waals surface area contributed by atoms with Crippen LogP contribution in [0.1, 0.15) is 27.2 Å². The molecule has 0 saturated heterocycles. The molecule has 1 aromatic carbocycles.